The quantitative estimate of drug-likeness (QED) is 0.917. The first-order chi connectivity index (χ1) is 9.35. The average Bonchev–Trinajstić information content (AvgIpc) is 2.39. The number of anilines is 1. The van der Waals surface area contributed by atoms with Crippen LogP contribution in [0.3, 0.4) is 0 Å². The SMILES string of the molecule is CC1CN(c2ccc(CNC(C)(C)C)cc2)C(C)CO1. The molecule has 2 rings (SSSR count). The molecule has 1 aliphatic heterocycles. The highest BCUT2D eigenvalue weighted by molar-refractivity contribution is 5.49. The van der Waals surface area contributed by atoms with E-state index in [1.165, 1.54) is 11.3 Å². The fourth-order valence-corrected chi connectivity index (χ4v) is 2.44. The van der Waals surface area contributed by atoms with Crippen molar-refractivity contribution < 1.29 is 4.74 Å². The molecule has 0 aliphatic carbocycles. The normalized spacial score (nSPS) is 23.9. The zero-order valence-electron chi connectivity index (χ0n) is 13.4. The average molecular weight is 276 g/mol. The van der Waals surface area contributed by atoms with Gasteiger partial charge in [-0.25, -0.2) is 0 Å². The molecule has 3 nitrogen and oxygen atoms in total. The molecule has 3 heteroatoms. The molecule has 0 amide bonds. The van der Waals surface area contributed by atoms with Crippen LogP contribution in [-0.4, -0.2) is 30.8 Å². The van der Waals surface area contributed by atoms with Gasteiger partial charge in [0.05, 0.1) is 12.7 Å². The van der Waals surface area contributed by atoms with Gasteiger partial charge in [-0.1, -0.05) is 12.1 Å². The summed E-state index contributed by atoms with van der Waals surface area (Å²) in [5.74, 6) is 0. The Morgan fingerprint density at radius 2 is 1.85 bits per heavy atom. The molecular formula is C17H28N2O. The molecule has 1 aromatic rings. The van der Waals surface area contributed by atoms with Gasteiger partial charge in [0.1, 0.15) is 0 Å². The minimum absolute atomic E-state index is 0.160. The summed E-state index contributed by atoms with van der Waals surface area (Å²) in [4.78, 5) is 2.44. The van der Waals surface area contributed by atoms with Gasteiger partial charge in [0.25, 0.3) is 0 Å². The van der Waals surface area contributed by atoms with Gasteiger partial charge in [0.2, 0.25) is 0 Å². The maximum atomic E-state index is 5.69. The highest BCUT2D eigenvalue weighted by Gasteiger charge is 2.23. The predicted octanol–water partition coefficient (Wildman–Crippen LogP) is 3.19. The summed E-state index contributed by atoms with van der Waals surface area (Å²) in [6.07, 6.45) is 0.313. The lowest BCUT2D eigenvalue weighted by molar-refractivity contribution is 0.0344. The predicted molar refractivity (Wildman–Crippen MR) is 85.3 cm³/mol. The minimum atomic E-state index is 0.160. The third-order valence-electron chi connectivity index (χ3n) is 3.70. The molecule has 0 saturated carbocycles. The lowest BCUT2D eigenvalue weighted by Gasteiger charge is -2.38. The van der Waals surface area contributed by atoms with E-state index >= 15 is 0 Å². The van der Waals surface area contributed by atoms with Crippen LogP contribution in [0.4, 0.5) is 5.69 Å². The molecule has 1 fully saturated rings. The van der Waals surface area contributed by atoms with Crippen LogP contribution in [0.25, 0.3) is 0 Å². The van der Waals surface area contributed by atoms with E-state index in [0.29, 0.717) is 12.1 Å². The van der Waals surface area contributed by atoms with Crippen molar-refractivity contribution in [3.63, 3.8) is 0 Å². The molecule has 0 bridgehead atoms. The van der Waals surface area contributed by atoms with Gasteiger partial charge in [-0.2, -0.15) is 0 Å². The highest BCUT2D eigenvalue weighted by atomic mass is 16.5. The van der Waals surface area contributed by atoms with E-state index in [1.807, 2.05) is 0 Å². The van der Waals surface area contributed by atoms with Crippen LogP contribution in [0, 0.1) is 0 Å². The number of nitrogens with zero attached hydrogens (tertiary/aromatic N) is 1. The molecule has 2 unspecified atom stereocenters. The summed E-state index contributed by atoms with van der Waals surface area (Å²) in [6.45, 7) is 13.6. The van der Waals surface area contributed by atoms with Crippen molar-refractivity contribution in [2.24, 2.45) is 0 Å². The topological polar surface area (TPSA) is 24.5 Å². The van der Waals surface area contributed by atoms with Crippen LogP contribution in [0.1, 0.15) is 40.2 Å². The van der Waals surface area contributed by atoms with Crippen molar-refractivity contribution in [1.29, 1.82) is 0 Å². The Morgan fingerprint density at radius 1 is 1.20 bits per heavy atom. The second kappa shape index (κ2) is 6.15. The molecule has 20 heavy (non-hydrogen) atoms. The molecule has 1 aromatic carbocycles. The molecule has 1 aliphatic rings. The second-order valence-corrected chi connectivity index (χ2v) is 6.92. The van der Waals surface area contributed by atoms with Crippen LogP contribution in [0.5, 0.6) is 0 Å². The first-order valence-electron chi connectivity index (χ1n) is 7.57. The van der Waals surface area contributed by atoms with E-state index in [9.17, 15) is 0 Å². The smallest absolute Gasteiger partial charge is 0.0723 e. The zero-order valence-corrected chi connectivity index (χ0v) is 13.4. The molecule has 1 N–H and O–H groups in total. The van der Waals surface area contributed by atoms with E-state index in [4.69, 9.17) is 4.74 Å². The summed E-state index contributed by atoms with van der Waals surface area (Å²) < 4.78 is 5.69. The van der Waals surface area contributed by atoms with Gasteiger partial charge < -0.3 is 15.0 Å². The van der Waals surface area contributed by atoms with Gasteiger partial charge >= 0.3 is 0 Å². The highest BCUT2D eigenvalue weighted by Crippen LogP contribution is 2.22. The number of hydrogen-bond donors (Lipinski definition) is 1. The Morgan fingerprint density at radius 3 is 2.45 bits per heavy atom. The summed E-state index contributed by atoms with van der Waals surface area (Å²) in [7, 11) is 0. The van der Waals surface area contributed by atoms with Crippen LogP contribution in [-0.2, 0) is 11.3 Å². The van der Waals surface area contributed by atoms with E-state index < -0.39 is 0 Å². The molecular weight excluding hydrogens is 248 g/mol. The van der Waals surface area contributed by atoms with Crippen LogP contribution in [0.2, 0.25) is 0 Å². The van der Waals surface area contributed by atoms with Crippen LogP contribution < -0.4 is 10.2 Å². The Hall–Kier alpha value is -1.06. The number of rotatable bonds is 3. The Kier molecular flexibility index (Phi) is 4.71. The maximum absolute atomic E-state index is 5.69. The van der Waals surface area contributed by atoms with Crippen LogP contribution in [0.15, 0.2) is 24.3 Å². The molecule has 0 aromatic heterocycles. The van der Waals surface area contributed by atoms with E-state index in [2.05, 4.69) is 69.1 Å². The second-order valence-electron chi connectivity index (χ2n) is 6.92. The lowest BCUT2D eigenvalue weighted by Crippen LogP contribution is -2.47. The summed E-state index contributed by atoms with van der Waals surface area (Å²) >= 11 is 0. The Labute approximate surface area is 123 Å². The Bertz CT molecular complexity index is 422. The molecule has 0 radical (unpaired) electrons. The zero-order chi connectivity index (χ0) is 14.8. The monoisotopic (exact) mass is 276 g/mol. The standard InChI is InChI=1S/C17H28N2O/c1-13-12-20-14(2)11-19(13)16-8-6-15(7-9-16)10-18-17(3,4)5/h6-9,13-14,18H,10-12H2,1-5H3. The molecule has 2 atom stereocenters. The number of benzene rings is 1. The lowest BCUT2D eigenvalue weighted by atomic mass is 10.1. The van der Waals surface area contributed by atoms with Gasteiger partial charge in [-0.15, -0.1) is 0 Å². The third kappa shape index (κ3) is 4.22. The molecule has 112 valence electrons. The van der Waals surface area contributed by atoms with Gasteiger partial charge in [-0.05, 0) is 52.3 Å². The van der Waals surface area contributed by atoms with Crippen molar-refractivity contribution in [1.82, 2.24) is 5.32 Å². The first-order valence-corrected chi connectivity index (χ1v) is 7.57. The van der Waals surface area contributed by atoms with E-state index in [1.54, 1.807) is 0 Å². The van der Waals surface area contributed by atoms with Crippen molar-refractivity contribution in [3.05, 3.63) is 29.8 Å². The summed E-state index contributed by atoms with van der Waals surface area (Å²) in [5, 5.41) is 3.52. The van der Waals surface area contributed by atoms with E-state index in [0.717, 1.165) is 19.7 Å². The Balaban J connectivity index is 2.00. The summed E-state index contributed by atoms with van der Waals surface area (Å²) in [6, 6.07) is 9.36. The van der Waals surface area contributed by atoms with Crippen molar-refractivity contribution in [3.8, 4) is 0 Å². The summed E-state index contributed by atoms with van der Waals surface area (Å²) in [5.41, 5.74) is 2.79. The number of ether oxygens (including phenoxy) is 1. The van der Waals surface area contributed by atoms with Gasteiger partial charge in [0.15, 0.2) is 0 Å². The third-order valence-corrected chi connectivity index (χ3v) is 3.70. The maximum Gasteiger partial charge on any atom is 0.0723 e. The fourth-order valence-electron chi connectivity index (χ4n) is 2.44. The van der Waals surface area contributed by atoms with Crippen molar-refractivity contribution in [2.75, 3.05) is 18.1 Å². The van der Waals surface area contributed by atoms with Crippen LogP contribution >= 0.6 is 0 Å². The van der Waals surface area contributed by atoms with Gasteiger partial charge in [-0.3, -0.25) is 0 Å². The molecule has 1 heterocycles. The fraction of sp³-hybridized carbons (Fsp3) is 0.647. The number of nitrogens with one attached hydrogen (secondary N) is 1. The number of hydrogen-bond acceptors (Lipinski definition) is 3. The van der Waals surface area contributed by atoms with Gasteiger partial charge in [0, 0.05) is 30.4 Å². The molecule has 0 spiro atoms. The van der Waals surface area contributed by atoms with Crippen molar-refractivity contribution in [2.45, 2.75) is 58.8 Å². The minimum Gasteiger partial charge on any atom is -0.375 e. The number of morpholine rings is 1. The largest absolute Gasteiger partial charge is 0.375 e. The van der Waals surface area contributed by atoms with E-state index in [-0.39, 0.29) is 5.54 Å². The molecule has 1 saturated heterocycles. The van der Waals surface area contributed by atoms with Crippen molar-refractivity contribution >= 4 is 5.69 Å². The first kappa shape index (κ1) is 15.3.